The SMILES string of the molecule is O=C1NCCN(Cc2cccc(C(F)(F)F)c2)[C@@H]1CC(=O)N1CCCCCC1. The van der Waals surface area contributed by atoms with Crippen LogP contribution in [0.2, 0.25) is 0 Å². The van der Waals surface area contributed by atoms with Crippen LogP contribution >= 0.6 is 0 Å². The zero-order valence-corrected chi connectivity index (χ0v) is 15.8. The molecule has 2 fully saturated rings. The van der Waals surface area contributed by atoms with Crippen molar-refractivity contribution in [2.45, 2.75) is 50.9 Å². The predicted molar refractivity (Wildman–Crippen MR) is 98.3 cm³/mol. The highest BCUT2D eigenvalue weighted by Crippen LogP contribution is 2.30. The monoisotopic (exact) mass is 397 g/mol. The van der Waals surface area contributed by atoms with Gasteiger partial charge in [-0.15, -0.1) is 0 Å². The number of nitrogens with zero attached hydrogens (tertiary/aromatic N) is 2. The molecule has 5 nitrogen and oxygen atoms in total. The second-order valence-corrected chi connectivity index (χ2v) is 7.47. The molecule has 1 aromatic rings. The number of nitrogens with one attached hydrogen (secondary N) is 1. The number of hydrogen-bond acceptors (Lipinski definition) is 3. The Labute approximate surface area is 162 Å². The fourth-order valence-electron chi connectivity index (χ4n) is 3.87. The van der Waals surface area contributed by atoms with Gasteiger partial charge < -0.3 is 10.2 Å². The predicted octanol–water partition coefficient (Wildman–Crippen LogP) is 2.80. The van der Waals surface area contributed by atoms with Gasteiger partial charge in [0, 0.05) is 32.7 Å². The van der Waals surface area contributed by atoms with Crippen LogP contribution in [0, 0.1) is 0 Å². The van der Waals surface area contributed by atoms with Crippen LogP contribution in [0.25, 0.3) is 0 Å². The molecule has 28 heavy (non-hydrogen) atoms. The Balaban J connectivity index is 1.70. The van der Waals surface area contributed by atoms with E-state index in [0.29, 0.717) is 31.7 Å². The van der Waals surface area contributed by atoms with Crippen LogP contribution in [0.15, 0.2) is 24.3 Å². The van der Waals surface area contributed by atoms with Crippen LogP contribution < -0.4 is 5.32 Å². The van der Waals surface area contributed by atoms with E-state index in [9.17, 15) is 22.8 Å². The zero-order chi connectivity index (χ0) is 20.1. The van der Waals surface area contributed by atoms with E-state index in [2.05, 4.69) is 5.32 Å². The molecule has 0 spiro atoms. The standard InChI is InChI=1S/C20H26F3N3O2/c21-20(22,23)16-7-5-6-15(12-16)14-26-11-8-24-19(28)17(26)13-18(27)25-9-3-1-2-4-10-25/h5-7,12,17H,1-4,8-11,13-14H2,(H,24,28)/t17-/m1/s1. The van der Waals surface area contributed by atoms with Gasteiger partial charge in [-0.25, -0.2) is 0 Å². The van der Waals surface area contributed by atoms with E-state index >= 15 is 0 Å². The van der Waals surface area contributed by atoms with Crippen LogP contribution in [0.4, 0.5) is 13.2 Å². The molecule has 2 saturated heterocycles. The maximum absolute atomic E-state index is 13.0. The summed E-state index contributed by atoms with van der Waals surface area (Å²) in [5.41, 5.74) is -0.222. The quantitative estimate of drug-likeness (QED) is 0.850. The summed E-state index contributed by atoms with van der Waals surface area (Å²) in [4.78, 5) is 28.7. The van der Waals surface area contributed by atoms with Crippen molar-refractivity contribution in [2.75, 3.05) is 26.2 Å². The van der Waals surface area contributed by atoms with Crippen molar-refractivity contribution in [1.82, 2.24) is 15.1 Å². The summed E-state index contributed by atoms with van der Waals surface area (Å²) in [5.74, 6) is -0.292. The van der Waals surface area contributed by atoms with Gasteiger partial charge in [0.15, 0.2) is 0 Å². The number of benzene rings is 1. The lowest BCUT2D eigenvalue weighted by molar-refractivity contribution is -0.139. The molecule has 0 bridgehead atoms. The zero-order valence-electron chi connectivity index (χ0n) is 15.8. The first-order valence-electron chi connectivity index (χ1n) is 9.80. The van der Waals surface area contributed by atoms with Crippen LogP contribution in [-0.4, -0.2) is 53.8 Å². The van der Waals surface area contributed by atoms with E-state index < -0.39 is 17.8 Å². The van der Waals surface area contributed by atoms with Gasteiger partial charge in [-0.1, -0.05) is 31.0 Å². The van der Waals surface area contributed by atoms with Crippen LogP contribution in [0.1, 0.15) is 43.2 Å². The molecule has 1 aromatic carbocycles. The number of amides is 2. The third-order valence-electron chi connectivity index (χ3n) is 5.41. The second-order valence-electron chi connectivity index (χ2n) is 7.47. The second kappa shape index (κ2) is 8.94. The topological polar surface area (TPSA) is 52.7 Å². The minimum atomic E-state index is -4.41. The third-order valence-corrected chi connectivity index (χ3v) is 5.41. The number of carbonyl (C=O) groups excluding carboxylic acids is 2. The van der Waals surface area contributed by atoms with E-state index in [-0.39, 0.29) is 24.8 Å². The molecule has 0 aromatic heterocycles. The Morgan fingerprint density at radius 2 is 1.82 bits per heavy atom. The minimum Gasteiger partial charge on any atom is -0.353 e. The molecule has 2 heterocycles. The largest absolute Gasteiger partial charge is 0.416 e. The molecule has 2 aliphatic heterocycles. The average molecular weight is 397 g/mol. The number of alkyl halides is 3. The summed E-state index contributed by atoms with van der Waals surface area (Å²) in [7, 11) is 0. The lowest BCUT2D eigenvalue weighted by atomic mass is 10.0. The van der Waals surface area contributed by atoms with Gasteiger partial charge in [0.05, 0.1) is 18.0 Å². The first-order valence-corrected chi connectivity index (χ1v) is 9.80. The van der Waals surface area contributed by atoms with E-state index in [1.807, 2.05) is 9.80 Å². The smallest absolute Gasteiger partial charge is 0.353 e. The number of carbonyl (C=O) groups is 2. The van der Waals surface area contributed by atoms with E-state index in [0.717, 1.165) is 37.8 Å². The number of hydrogen-bond donors (Lipinski definition) is 1. The van der Waals surface area contributed by atoms with Crippen LogP contribution in [-0.2, 0) is 22.3 Å². The first kappa shape index (κ1) is 20.6. The highest BCUT2D eigenvalue weighted by Gasteiger charge is 2.34. The van der Waals surface area contributed by atoms with Gasteiger partial charge in [-0.3, -0.25) is 14.5 Å². The number of piperazine rings is 1. The van der Waals surface area contributed by atoms with Gasteiger partial charge in [-0.05, 0) is 24.5 Å². The molecule has 2 aliphatic rings. The Kier molecular flexibility index (Phi) is 6.59. The lowest BCUT2D eigenvalue weighted by Crippen LogP contribution is -2.56. The molecule has 0 unspecified atom stereocenters. The van der Waals surface area contributed by atoms with Crippen molar-refractivity contribution >= 4 is 11.8 Å². The highest BCUT2D eigenvalue weighted by atomic mass is 19.4. The average Bonchev–Trinajstić information content (AvgIpc) is 2.93. The fourth-order valence-corrected chi connectivity index (χ4v) is 3.87. The first-order chi connectivity index (χ1) is 13.3. The number of rotatable bonds is 4. The maximum Gasteiger partial charge on any atom is 0.416 e. The minimum absolute atomic E-state index is 0.0574. The Morgan fingerprint density at radius 1 is 1.11 bits per heavy atom. The molecule has 0 aliphatic carbocycles. The number of likely N-dealkylation sites (tertiary alicyclic amines) is 1. The molecular formula is C20H26F3N3O2. The Hall–Kier alpha value is -2.09. The Morgan fingerprint density at radius 3 is 2.50 bits per heavy atom. The van der Waals surface area contributed by atoms with Gasteiger partial charge in [0.1, 0.15) is 0 Å². The summed E-state index contributed by atoms with van der Waals surface area (Å²) < 4.78 is 38.9. The fraction of sp³-hybridized carbons (Fsp3) is 0.600. The molecule has 154 valence electrons. The summed E-state index contributed by atoms with van der Waals surface area (Å²) >= 11 is 0. The molecule has 0 radical (unpaired) electrons. The molecule has 2 amide bonds. The lowest BCUT2D eigenvalue weighted by Gasteiger charge is -2.35. The van der Waals surface area contributed by atoms with E-state index in [4.69, 9.17) is 0 Å². The van der Waals surface area contributed by atoms with Crippen molar-refractivity contribution in [2.24, 2.45) is 0 Å². The van der Waals surface area contributed by atoms with E-state index in [1.54, 1.807) is 6.07 Å². The third kappa shape index (κ3) is 5.25. The maximum atomic E-state index is 13.0. The normalized spacial score (nSPS) is 21.9. The van der Waals surface area contributed by atoms with Crippen molar-refractivity contribution in [1.29, 1.82) is 0 Å². The summed E-state index contributed by atoms with van der Waals surface area (Å²) in [6, 6.07) is 4.49. The van der Waals surface area contributed by atoms with Crippen molar-refractivity contribution in [3.63, 3.8) is 0 Å². The molecule has 0 saturated carbocycles. The Bertz CT molecular complexity index is 700. The van der Waals surface area contributed by atoms with Gasteiger partial charge >= 0.3 is 6.18 Å². The van der Waals surface area contributed by atoms with Crippen LogP contribution in [0.3, 0.4) is 0 Å². The summed E-state index contributed by atoms with van der Waals surface area (Å²) in [6.45, 7) is 2.54. The molecule has 8 heteroatoms. The molecular weight excluding hydrogens is 371 g/mol. The highest BCUT2D eigenvalue weighted by molar-refractivity contribution is 5.88. The van der Waals surface area contributed by atoms with E-state index in [1.165, 1.54) is 6.07 Å². The molecule has 1 atom stereocenters. The number of halogens is 3. The van der Waals surface area contributed by atoms with Gasteiger partial charge in [0.2, 0.25) is 11.8 Å². The molecule has 1 N–H and O–H groups in total. The van der Waals surface area contributed by atoms with Gasteiger partial charge in [0.25, 0.3) is 0 Å². The summed E-state index contributed by atoms with van der Waals surface area (Å²) in [5, 5.41) is 2.77. The van der Waals surface area contributed by atoms with Crippen LogP contribution in [0.5, 0.6) is 0 Å². The molecule has 3 rings (SSSR count). The van der Waals surface area contributed by atoms with Crippen molar-refractivity contribution in [3.05, 3.63) is 35.4 Å². The van der Waals surface area contributed by atoms with Crippen molar-refractivity contribution in [3.8, 4) is 0 Å². The summed E-state index contributed by atoms with van der Waals surface area (Å²) in [6.07, 6.45) is -0.194. The van der Waals surface area contributed by atoms with Gasteiger partial charge in [-0.2, -0.15) is 13.2 Å². The van der Waals surface area contributed by atoms with Crippen molar-refractivity contribution < 1.29 is 22.8 Å².